The van der Waals surface area contributed by atoms with Gasteiger partial charge in [-0.15, -0.1) is 0 Å². The van der Waals surface area contributed by atoms with E-state index in [9.17, 15) is 4.79 Å². The molecule has 0 saturated heterocycles. The zero-order valence-corrected chi connectivity index (χ0v) is 16.3. The molecule has 28 heavy (non-hydrogen) atoms. The first-order valence-corrected chi connectivity index (χ1v) is 9.97. The standard InChI is InChI=1S/C22H23ClN4O/c23-17-10-12-18(13-11-17)27-22(25)19(24)20(26-27)21(28)16-8-6-15(7-9-16)14-4-2-1-3-5-14/h6-14H,1-5,24-25H2. The van der Waals surface area contributed by atoms with E-state index in [0.29, 0.717) is 22.2 Å². The summed E-state index contributed by atoms with van der Waals surface area (Å²) in [7, 11) is 0. The molecule has 1 heterocycles. The van der Waals surface area contributed by atoms with Crippen molar-refractivity contribution in [2.24, 2.45) is 0 Å². The Morgan fingerprint density at radius 1 is 0.964 bits per heavy atom. The van der Waals surface area contributed by atoms with E-state index in [4.69, 9.17) is 23.1 Å². The SMILES string of the molecule is Nc1c(C(=O)c2ccc(C3CCCCC3)cc2)nn(-c2ccc(Cl)cc2)c1N. The van der Waals surface area contributed by atoms with Crippen LogP contribution < -0.4 is 11.5 Å². The number of ketones is 1. The molecule has 1 fully saturated rings. The molecule has 3 aromatic rings. The van der Waals surface area contributed by atoms with Crippen LogP contribution in [0.5, 0.6) is 0 Å². The second-order valence-electron chi connectivity index (χ2n) is 7.32. The van der Waals surface area contributed by atoms with E-state index in [-0.39, 0.29) is 23.0 Å². The Hall–Kier alpha value is -2.79. The summed E-state index contributed by atoms with van der Waals surface area (Å²) in [5, 5.41) is 4.98. The molecule has 4 N–H and O–H groups in total. The molecule has 5 nitrogen and oxygen atoms in total. The van der Waals surface area contributed by atoms with Crippen molar-refractivity contribution in [3.05, 3.63) is 70.4 Å². The van der Waals surface area contributed by atoms with Gasteiger partial charge in [-0.05, 0) is 48.6 Å². The lowest BCUT2D eigenvalue weighted by Crippen LogP contribution is -2.08. The minimum atomic E-state index is -0.230. The average Bonchev–Trinajstić information content (AvgIpc) is 3.04. The zero-order valence-electron chi connectivity index (χ0n) is 15.6. The average molecular weight is 395 g/mol. The minimum Gasteiger partial charge on any atom is -0.394 e. The molecule has 1 aromatic heterocycles. The maximum atomic E-state index is 13.0. The summed E-state index contributed by atoms with van der Waals surface area (Å²) < 4.78 is 1.47. The molecule has 1 aliphatic carbocycles. The Balaban J connectivity index is 1.61. The number of anilines is 2. The first-order chi connectivity index (χ1) is 13.5. The van der Waals surface area contributed by atoms with Gasteiger partial charge in [-0.25, -0.2) is 4.68 Å². The fraction of sp³-hybridized carbons (Fsp3) is 0.273. The van der Waals surface area contributed by atoms with Gasteiger partial charge in [0.1, 0.15) is 5.69 Å². The van der Waals surface area contributed by atoms with Crippen molar-refractivity contribution in [2.45, 2.75) is 38.0 Å². The number of benzene rings is 2. The van der Waals surface area contributed by atoms with E-state index < -0.39 is 0 Å². The van der Waals surface area contributed by atoms with Crippen molar-refractivity contribution in [1.82, 2.24) is 9.78 Å². The first-order valence-electron chi connectivity index (χ1n) is 9.59. The number of nitrogens with zero attached hydrogens (tertiary/aromatic N) is 2. The highest BCUT2D eigenvalue weighted by molar-refractivity contribution is 6.30. The molecular formula is C22H23ClN4O. The third-order valence-electron chi connectivity index (χ3n) is 5.49. The van der Waals surface area contributed by atoms with Gasteiger partial charge in [-0.1, -0.05) is 55.1 Å². The van der Waals surface area contributed by atoms with Gasteiger partial charge in [-0.2, -0.15) is 5.10 Å². The molecule has 0 radical (unpaired) electrons. The van der Waals surface area contributed by atoms with E-state index in [1.165, 1.54) is 42.3 Å². The molecule has 1 aliphatic rings. The largest absolute Gasteiger partial charge is 0.394 e. The van der Waals surface area contributed by atoms with Crippen LogP contribution in [0.15, 0.2) is 48.5 Å². The van der Waals surface area contributed by atoms with Crippen molar-refractivity contribution in [3.63, 3.8) is 0 Å². The van der Waals surface area contributed by atoms with Crippen LogP contribution in [0.3, 0.4) is 0 Å². The Morgan fingerprint density at radius 3 is 2.25 bits per heavy atom. The predicted octanol–water partition coefficient (Wildman–Crippen LogP) is 4.97. The van der Waals surface area contributed by atoms with Crippen LogP contribution >= 0.6 is 11.6 Å². The summed E-state index contributed by atoms with van der Waals surface area (Å²) in [6.07, 6.45) is 6.33. The maximum Gasteiger partial charge on any atom is 0.215 e. The second kappa shape index (κ2) is 7.68. The third-order valence-corrected chi connectivity index (χ3v) is 5.75. The van der Waals surface area contributed by atoms with Crippen LogP contribution in [0.25, 0.3) is 5.69 Å². The van der Waals surface area contributed by atoms with Crippen molar-refractivity contribution < 1.29 is 4.79 Å². The molecule has 1 saturated carbocycles. The van der Waals surface area contributed by atoms with Crippen molar-refractivity contribution in [2.75, 3.05) is 11.5 Å². The van der Waals surface area contributed by atoms with E-state index in [2.05, 4.69) is 17.2 Å². The smallest absolute Gasteiger partial charge is 0.215 e. The van der Waals surface area contributed by atoms with Gasteiger partial charge >= 0.3 is 0 Å². The van der Waals surface area contributed by atoms with E-state index in [0.717, 1.165) is 0 Å². The normalized spacial score (nSPS) is 14.9. The number of hydrogen-bond donors (Lipinski definition) is 2. The molecule has 0 unspecified atom stereocenters. The lowest BCUT2D eigenvalue weighted by atomic mass is 9.84. The molecule has 0 aliphatic heterocycles. The first kappa shape index (κ1) is 18.6. The molecule has 144 valence electrons. The van der Waals surface area contributed by atoms with Crippen LogP contribution in [0.1, 0.15) is 59.6 Å². The highest BCUT2D eigenvalue weighted by atomic mass is 35.5. The zero-order chi connectivity index (χ0) is 19.7. The van der Waals surface area contributed by atoms with E-state index >= 15 is 0 Å². The highest BCUT2D eigenvalue weighted by Crippen LogP contribution is 2.33. The van der Waals surface area contributed by atoms with Crippen LogP contribution in [0, 0.1) is 0 Å². The number of halogens is 1. The Morgan fingerprint density at radius 2 is 1.61 bits per heavy atom. The summed E-state index contributed by atoms with van der Waals surface area (Å²) in [5.74, 6) is 0.610. The number of rotatable bonds is 4. The number of hydrogen-bond acceptors (Lipinski definition) is 4. The van der Waals surface area contributed by atoms with Crippen LogP contribution in [-0.4, -0.2) is 15.6 Å². The summed E-state index contributed by atoms with van der Waals surface area (Å²) >= 11 is 5.93. The molecule has 6 heteroatoms. The molecular weight excluding hydrogens is 372 g/mol. The van der Waals surface area contributed by atoms with E-state index in [1.54, 1.807) is 24.3 Å². The number of carbonyl (C=O) groups excluding carboxylic acids is 1. The van der Waals surface area contributed by atoms with Crippen LogP contribution in [0.4, 0.5) is 11.5 Å². The summed E-state index contributed by atoms with van der Waals surface area (Å²) in [6.45, 7) is 0. The number of carbonyl (C=O) groups is 1. The number of aromatic nitrogens is 2. The van der Waals surface area contributed by atoms with E-state index in [1.807, 2.05) is 12.1 Å². The number of nitrogen functional groups attached to an aromatic ring is 2. The predicted molar refractivity (Wildman–Crippen MR) is 113 cm³/mol. The van der Waals surface area contributed by atoms with Gasteiger partial charge in [0.25, 0.3) is 0 Å². The fourth-order valence-electron chi connectivity index (χ4n) is 3.87. The summed E-state index contributed by atoms with van der Waals surface area (Å²) in [4.78, 5) is 13.0. The topological polar surface area (TPSA) is 86.9 Å². The summed E-state index contributed by atoms with van der Waals surface area (Å²) in [5.41, 5.74) is 15.1. The maximum absolute atomic E-state index is 13.0. The third kappa shape index (κ3) is 3.50. The van der Waals surface area contributed by atoms with Gasteiger partial charge in [0.15, 0.2) is 11.5 Å². The van der Waals surface area contributed by atoms with Crippen molar-refractivity contribution in [1.29, 1.82) is 0 Å². The lowest BCUT2D eigenvalue weighted by molar-refractivity contribution is 0.103. The molecule has 0 bridgehead atoms. The Labute approximate surface area is 169 Å². The van der Waals surface area contributed by atoms with Gasteiger partial charge in [0.2, 0.25) is 5.78 Å². The molecule has 4 rings (SSSR count). The fourth-order valence-corrected chi connectivity index (χ4v) is 4.00. The quantitative estimate of drug-likeness (QED) is 0.611. The van der Waals surface area contributed by atoms with Gasteiger partial charge in [0, 0.05) is 10.6 Å². The van der Waals surface area contributed by atoms with Gasteiger partial charge in [-0.3, -0.25) is 4.79 Å². The molecule has 0 spiro atoms. The lowest BCUT2D eigenvalue weighted by Gasteiger charge is -2.21. The second-order valence-corrected chi connectivity index (χ2v) is 7.76. The molecule has 2 aromatic carbocycles. The summed E-state index contributed by atoms with van der Waals surface area (Å²) in [6, 6.07) is 14.9. The van der Waals surface area contributed by atoms with Crippen LogP contribution in [0.2, 0.25) is 5.02 Å². The Kier molecular flexibility index (Phi) is 5.09. The van der Waals surface area contributed by atoms with Gasteiger partial charge < -0.3 is 11.5 Å². The van der Waals surface area contributed by atoms with Gasteiger partial charge in [0.05, 0.1) is 5.69 Å². The van der Waals surface area contributed by atoms with Crippen LogP contribution in [-0.2, 0) is 0 Å². The number of nitrogens with two attached hydrogens (primary N) is 2. The molecule has 0 atom stereocenters. The monoisotopic (exact) mass is 394 g/mol. The Bertz CT molecular complexity index is 987. The highest BCUT2D eigenvalue weighted by Gasteiger charge is 2.22. The minimum absolute atomic E-state index is 0.165. The molecule has 0 amide bonds. The van der Waals surface area contributed by atoms with Crippen molar-refractivity contribution in [3.8, 4) is 5.69 Å². The van der Waals surface area contributed by atoms with Crippen molar-refractivity contribution >= 4 is 28.9 Å².